The Labute approximate surface area is 138 Å². The van der Waals surface area contributed by atoms with Crippen LogP contribution >= 0.6 is 0 Å². The predicted octanol–water partition coefficient (Wildman–Crippen LogP) is 1.80. The van der Waals surface area contributed by atoms with Crippen molar-refractivity contribution in [3.63, 3.8) is 0 Å². The van der Waals surface area contributed by atoms with Crippen LogP contribution in [0.3, 0.4) is 0 Å². The quantitative estimate of drug-likeness (QED) is 0.772. The Morgan fingerprint density at radius 1 is 1.33 bits per heavy atom. The fourth-order valence-electron chi connectivity index (χ4n) is 2.43. The molecule has 124 valence electrons. The van der Waals surface area contributed by atoms with E-state index in [1.54, 1.807) is 25.2 Å². The van der Waals surface area contributed by atoms with Gasteiger partial charge in [0.25, 0.3) is 11.5 Å². The highest BCUT2D eigenvalue weighted by atomic mass is 16.5. The molecule has 0 saturated heterocycles. The number of nitrogens with zero attached hydrogens (tertiary/aromatic N) is 3. The lowest BCUT2D eigenvalue weighted by Gasteiger charge is -2.05. The number of carbonyl (C=O) groups excluding carboxylic acids is 1. The molecule has 0 aliphatic heterocycles. The van der Waals surface area contributed by atoms with Gasteiger partial charge in [-0.05, 0) is 24.6 Å². The van der Waals surface area contributed by atoms with Crippen LogP contribution in [-0.4, -0.2) is 20.6 Å². The first-order chi connectivity index (χ1) is 11.6. The summed E-state index contributed by atoms with van der Waals surface area (Å²) in [5.41, 5.74) is 1.68. The molecule has 0 unspecified atom stereocenters. The average Bonchev–Trinajstić information content (AvgIpc) is 3.04. The van der Waals surface area contributed by atoms with Crippen LogP contribution in [0.15, 0.2) is 39.9 Å². The lowest BCUT2D eigenvalue weighted by molar-refractivity contribution is 0.0947. The van der Waals surface area contributed by atoms with Crippen LogP contribution in [0.25, 0.3) is 10.9 Å². The second kappa shape index (κ2) is 6.66. The summed E-state index contributed by atoms with van der Waals surface area (Å²) in [6.45, 7) is 2.33. The molecule has 7 nitrogen and oxygen atoms in total. The molecule has 1 N–H and O–H groups in total. The van der Waals surface area contributed by atoms with Gasteiger partial charge in [-0.3, -0.25) is 9.59 Å². The number of hydrogen-bond acceptors (Lipinski definition) is 5. The van der Waals surface area contributed by atoms with Gasteiger partial charge in [0.1, 0.15) is 0 Å². The van der Waals surface area contributed by atoms with Crippen molar-refractivity contribution in [2.24, 2.45) is 7.05 Å². The van der Waals surface area contributed by atoms with E-state index in [-0.39, 0.29) is 18.0 Å². The van der Waals surface area contributed by atoms with E-state index in [0.717, 1.165) is 18.5 Å². The van der Waals surface area contributed by atoms with Gasteiger partial charge in [-0.15, -0.1) is 0 Å². The van der Waals surface area contributed by atoms with E-state index in [9.17, 15) is 9.59 Å². The summed E-state index contributed by atoms with van der Waals surface area (Å²) in [6, 6.07) is 6.68. The fraction of sp³-hybridized carbons (Fsp3) is 0.294. The first kappa shape index (κ1) is 15.9. The topological polar surface area (TPSA) is 90.0 Å². The van der Waals surface area contributed by atoms with E-state index in [1.807, 2.05) is 6.07 Å². The number of hydrogen-bond donors (Lipinski definition) is 1. The molecule has 0 aliphatic rings. The molecule has 0 spiro atoms. The Balaban J connectivity index is 1.73. The molecule has 2 heterocycles. The molecule has 3 rings (SSSR count). The minimum absolute atomic E-state index is 0.142. The van der Waals surface area contributed by atoms with Gasteiger partial charge in [0, 0.05) is 18.7 Å². The standard InChI is InChI=1S/C17H18N4O3/c1-3-4-12-8-13(24-20-12)9-18-16(22)11-5-6-14-15(7-11)19-10-21(2)17(14)23/h5-8,10H,3-4,9H2,1-2H3,(H,18,22). The van der Waals surface area contributed by atoms with Crippen molar-refractivity contribution in [2.75, 3.05) is 0 Å². The highest BCUT2D eigenvalue weighted by Gasteiger charge is 2.10. The van der Waals surface area contributed by atoms with Crippen LogP contribution in [0.2, 0.25) is 0 Å². The maximum atomic E-state index is 12.3. The van der Waals surface area contributed by atoms with Crippen LogP contribution in [0, 0.1) is 0 Å². The van der Waals surface area contributed by atoms with Gasteiger partial charge in [0.15, 0.2) is 5.76 Å². The van der Waals surface area contributed by atoms with Gasteiger partial charge < -0.3 is 14.4 Å². The second-order valence-corrected chi connectivity index (χ2v) is 5.61. The Hall–Kier alpha value is -2.96. The number of aryl methyl sites for hydroxylation is 2. The van der Waals surface area contributed by atoms with Crippen LogP contribution in [-0.2, 0) is 20.0 Å². The Kier molecular flexibility index (Phi) is 4.41. The van der Waals surface area contributed by atoms with Crippen molar-refractivity contribution < 1.29 is 9.32 Å². The van der Waals surface area contributed by atoms with Crippen LogP contribution in [0.5, 0.6) is 0 Å². The minimum atomic E-state index is -0.257. The first-order valence-corrected chi connectivity index (χ1v) is 7.76. The Bertz CT molecular complexity index is 942. The van der Waals surface area contributed by atoms with Crippen molar-refractivity contribution in [3.8, 4) is 0 Å². The van der Waals surface area contributed by atoms with Crippen molar-refractivity contribution in [1.29, 1.82) is 0 Å². The highest BCUT2D eigenvalue weighted by molar-refractivity contribution is 5.97. The van der Waals surface area contributed by atoms with E-state index in [0.29, 0.717) is 22.2 Å². The zero-order valence-electron chi connectivity index (χ0n) is 13.6. The van der Waals surface area contributed by atoms with E-state index in [2.05, 4.69) is 22.4 Å². The van der Waals surface area contributed by atoms with Gasteiger partial charge in [-0.25, -0.2) is 4.98 Å². The molecule has 7 heteroatoms. The van der Waals surface area contributed by atoms with Gasteiger partial charge in [0.05, 0.1) is 29.5 Å². The number of aromatic nitrogens is 3. The number of nitrogens with one attached hydrogen (secondary N) is 1. The number of amides is 1. The lowest BCUT2D eigenvalue weighted by Crippen LogP contribution is -2.23. The number of benzene rings is 1. The third-order valence-electron chi connectivity index (χ3n) is 3.72. The van der Waals surface area contributed by atoms with E-state index >= 15 is 0 Å². The van der Waals surface area contributed by atoms with Crippen LogP contribution < -0.4 is 10.9 Å². The lowest BCUT2D eigenvalue weighted by atomic mass is 10.1. The third-order valence-corrected chi connectivity index (χ3v) is 3.72. The average molecular weight is 326 g/mol. The van der Waals surface area contributed by atoms with Gasteiger partial charge >= 0.3 is 0 Å². The maximum Gasteiger partial charge on any atom is 0.260 e. The number of fused-ring (bicyclic) bond motifs is 1. The van der Waals surface area contributed by atoms with Crippen molar-refractivity contribution >= 4 is 16.8 Å². The molecular weight excluding hydrogens is 308 g/mol. The summed E-state index contributed by atoms with van der Waals surface area (Å²) >= 11 is 0. The summed E-state index contributed by atoms with van der Waals surface area (Å²) in [6.07, 6.45) is 3.28. The fourth-order valence-corrected chi connectivity index (χ4v) is 2.43. The largest absolute Gasteiger partial charge is 0.359 e. The van der Waals surface area contributed by atoms with E-state index in [1.165, 1.54) is 10.9 Å². The summed E-state index contributed by atoms with van der Waals surface area (Å²) < 4.78 is 6.58. The molecule has 0 bridgehead atoms. The summed E-state index contributed by atoms with van der Waals surface area (Å²) in [5.74, 6) is 0.354. The molecule has 0 aliphatic carbocycles. The van der Waals surface area contributed by atoms with Crippen molar-refractivity contribution in [3.05, 3.63) is 58.0 Å². The monoisotopic (exact) mass is 326 g/mol. The number of rotatable bonds is 5. The maximum absolute atomic E-state index is 12.3. The summed E-state index contributed by atoms with van der Waals surface area (Å²) in [5, 5.41) is 7.20. The first-order valence-electron chi connectivity index (χ1n) is 7.76. The molecule has 1 amide bonds. The Morgan fingerprint density at radius 3 is 2.96 bits per heavy atom. The van der Waals surface area contributed by atoms with Gasteiger partial charge in [0.2, 0.25) is 0 Å². The third kappa shape index (κ3) is 3.19. The van der Waals surface area contributed by atoms with Crippen LogP contribution in [0.1, 0.15) is 35.2 Å². The normalized spacial score (nSPS) is 10.9. The summed E-state index contributed by atoms with van der Waals surface area (Å²) in [7, 11) is 1.64. The van der Waals surface area contributed by atoms with Crippen molar-refractivity contribution in [2.45, 2.75) is 26.3 Å². The molecule has 0 fully saturated rings. The van der Waals surface area contributed by atoms with E-state index < -0.39 is 0 Å². The molecule has 0 saturated carbocycles. The van der Waals surface area contributed by atoms with E-state index in [4.69, 9.17) is 4.52 Å². The second-order valence-electron chi connectivity index (χ2n) is 5.61. The zero-order chi connectivity index (χ0) is 17.1. The van der Waals surface area contributed by atoms with Gasteiger partial charge in [-0.1, -0.05) is 18.5 Å². The van der Waals surface area contributed by atoms with Crippen LogP contribution in [0.4, 0.5) is 0 Å². The smallest absolute Gasteiger partial charge is 0.260 e. The molecule has 0 atom stereocenters. The zero-order valence-corrected chi connectivity index (χ0v) is 13.6. The molecule has 3 aromatic rings. The highest BCUT2D eigenvalue weighted by Crippen LogP contribution is 2.11. The van der Waals surface area contributed by atoms with Gasteiger partial charge in [-0.2, -0.15) is 0 Å². The number of carbonyl (C=O) groups is 1. The molecular formula is C17H18N4O3. The Morgan fingerprint density at radius 2 is 2.17 bits per heavy atom. The molecule has 1 aromatic carbocycles. The SMILES string of the molecule is CCCc1cc(CNC(=O)c2ccc3c(=O)n(C)cnc3c2)on1. The molecule has 24 heavy (non-hydrogen) atoms. The molecule has 2 aromatic heterocycles. The summed E-state index contributed by atoms with van der Waals surface area (Å²) in [4.78, 5) is 28.4. The van der Waals surface area contributed by atoms with Crippen molar-refractivity contribution in [1.82, 2.24) is 20.0 Å². The molecule has 0 radical (unpaired) electrons. The minimum Gasteiger partial charge on any atom is -0.359 e. The predicted molar refractivity (Wildman–Crippen MR) is 88.7 cm³/mol.